The molecule has 1 atom stereocenters. The Hall–Kier alpha value is -1.81. The van der Waals surface area contributed by atoms with Gasteiger partial charge < -0.3 is 16.2 Å². The van der Waals surface area contributed by atoms with E-state index in [0.717, 1.165) is 0 Å². The minimum Gasteiger partial charge on any atom is -0.374 e. The summed E-state index contributed by atoms with van der Waals surface area (Å²) in [6, 6.07) is 1.34. The van der Waals surface area contributed by atoms with Crippen molar-refractivity contribution in [3.05, 3.63) is 34.9 Å². The van der Waals surface area contributed by atoms with Crippen molar-refractivity contribution in [1.82, 2.24) is 0 Å². The molecule has 0 spiro atoms. The number of hydrogen-bond acceptors (Lipinski definition) is 3. The third kappa shape index (κ3) is 4.47. The predicted molar refractivity (Wildman–Crippen MR) is 79.6 cm³/mol. The minimum atomic E-state index is -4.91. The van der Waals surface area contributed by atoms with Crippen molar-refractivity contribution in [3.8, 4) is 0 Å². The second kappa shape index (κ2) is 6.73. The molecule has 4 N–H and O–H groups in total. The lowest BCUT2D eigenvalue weighted by molar-refractivity contribution is -0.143. The summed E-state index contributed by atoms with van der Waals surface area (Å²) >= 11 is 0. The SMILES string of the molecule is CC(OCC1CC(N)(C(N)=O)C1)c1cc(C(F)(F)F)cc(C(F)(F)F)c1. The molecule has 1 aromatic carbocycles. The topological polar surface area (TPSA) is 78.3 Å². The number of carbonyl (C=O) groups is 1. The summed E-state index contributed by atoms with van der Waals surface area (Å²) in [7, 11) is 0. The molecule has 26 heavy (non-hydrogen) atoms. The van der Waals surface area contributed by atoms with E-state index >= 15 is 0 Å². The first-order chi connectivity index (χ1) is 11.7. The first-order valence-electron chi connectivity index (χ1n) is 7.72. The van der Waals surface area contributed by atoms with Crippen molar-refractivity contribution in [2.45, 2.75) is 43.8 Å². The van der Waals surface area contributed by atoms with Crippen LogP contribution in [-0.2, 0) is 21.9 Å². The molecule has 146 valence electrons. The van der Waals surface area contributed by atoms with Gasteiger partial charge in [-0.2, -0.15) is 26.3 Å². The van der Waals surface area contributed by atoms with Gasteiger partial charge in [0.25, 0.3) is 0 Å². The minimum absolute atomic E-state index is 0.0466. The van der Waals surface area contributed by atoms with Gasteiger partial charge in [-0.05, 0) is 49.4 Å². The van der Waals surface area contributed by atoms with Crippen LogP contribution in [0.15, 0.2) is 18.2 Å². The second-order valence-electron chi connectivity index (χ2n) is 6.61. The van der Waals surface area contributed by atoms with Gasteiger partial charge in [-0.3, -0.25) is 4.79 Å². The Labute approximate surface area is 145 Å². The molecule has 0 aliphatic heterocycles. The van der Waals surface area contributed by atoms with Crippen molar-refractivity contribution in [3.63, 3.8) is 0 Å². The summed E-state index contributed by atoms with van der Waals surface area (Å²) < 4.78 is 82.6. The molecule has 1 saturated carbocycles. The molecule has 10 heteroatoms. The maximum absolute atomic E-state index is 12.9. The number of primary amides is 1. The Morgan fingerprint density at radius 1 is 1.15 bits per heavy atom. The largest absolute Gasteiger partial charge is 0.416 e. The molecule has 0 radical (unpaired) electrons. The summed E-state index contributed by atoms with van der Waals surface area (Å²) in [5, 5.41) is 0. The average Bonchev–Trinajstić information content (AvgIpc) is 2.47. The van der Waals surface area contributed by atoms with E-state index in [9.17, 15) is 31.1 Å². The Morgan fingerprint density at radius 3 is 2.00 bits per heavy atom. The molecule has 0 saturated heterocycles. The Bertz CT molecular complexity index is 648. The van der Waals surface area contributed by atoms with Gasteiger partial charge in [-0.15, -0.1) is 0 Å². The summed E-state index contributed by atoms with van der Waals surface area (Å²) in [4.78, 5) is 11.1. The highest BCUT2D eigenvalue weighted by Crippen LogP contribution is 2.39. The van der Waals surface area contributed by atoms with E-state index in [1.165, 1.54) is 6.92 Å². The van der Waals surface area contributed by atoms with E-state index < -0.39 is 41.0 Å². The zero-order chi connectivity index (χ0) is 19.9. The van der Waals surface area contributed by atoms with Gasteiger partial charge in [-0.25, -0.2) is 0 Å². The third-order valence-electron chi connectivity index (χ3n) is 4.46. The number of hydrogen-bond donors (Lipinski definition) is 2. The van der Waals surface area contributed by atoms with Crippen LogP contribution in [-0.4, -0.2) is 18.1 Å². The van der Waals surface area contributed by atoms with Crippen LogP contribution in [0.5, 0.6) is 0 Å². The van der Waals surface area contributed by atoms with Gasteiger partial charge in [-0.1, -0.05) is 0 Å². The number of halogens is 6. The van der Waals surface area contributed by atoms with Crippen LogP contribution in [0.4, 0.5) is 26.3 Å². The first-order valence-corrected chi connectivity index (χ1v) is 7.72. The van der Waals surface area contributed by atoms with Crippen molar-refractivity contribution in [2.24, 2.45) is 17.4 Å². The quantitative estimate of drug-likeness (QED) is 0.764. The fraction of sp³-hybridized carbons (Fsp3) is 0.562. The molecule has 2 rings (SSSR count). The van der Waals surface area contributed by atoms with Gasteiger partial charge in [0.15, 0.2) is 0 Å². The maximum atomic E-state index is 12.9. The molecule has 1 amide bonds. The van der Waals surface area contributed by atoms with E-state index in [2.05, 4.69) is 0 Å². The lowest BCUT2D eigenvalue weighted by Gasteiger charge is -2.42. The van der Waals surface area contributed by atoms with Crippen LogP contribution < -0.4 is 11.5 Å². The van der Waals surface area contributed by atoms with Gasteiger partial charge in [0.1, 0.15) is 0 Å². The van der Waals surface area contributed by atoms with Crippen molar-refractivity contribution in [2.75, 3.05) is 6.61 Å². The van der Waals surface area contributed by atoms with Crippen molar-refractivity contribution in [1.29, 1.82) is 0 Å². The Balaban J connectivity index is 2.11. The molecular weight excluding hydrogens is 366 g/mol. The lowest BCUT2D eigenvalue weighted by atomic mass is 9.69. The normalized spacial score (nSPS) is 24.8. The number of carbonyl (C=O) groups excluding carboxylic acids is 1. The molecule has 4 nitrogen and oxygen atoms in total. The Morgan fingerprint density at radius 2 is 1.62 bits per heavy atom. The molecule has 1 aromatic rings. The standard InChI is InChI=1S/C16H18F6N2O2/c1-8(26-7-9-5-14(24,6-9)13(23)25)10-2-11(15(17,18)19)4-12(3-10)16(20,21)22/h2-4,8-9H,5-7,24H2,1H3,(H2,23,25). The summed E-state index contributed by atoms with van der Waals surface area (Å²) in [6.07, 6.45) is -10.3. The molecule has 1 unspecified atom stereocenters. The molecule has 1 fully saturated rings. The summed E-state index contributed by atoms with van der Waals surface area (Å²) in [5.41, 5.74) is 6.70. The molecule has 1 aliphatic rings. The average molecular weight is 384 g/mol. The van der Waals surface area contributed by atoms with E-state index in [-0.39, 0.29) is 37.0 Å². The van der Waals surface area contributed by atoms with E-state index in [0.29, 0.717) is 12.1 Å². The van der Waals surface area contributed by atoms with Crippen LogP contribution in [0.2, 0.25) is 0 Å². The van der Waals surface area contributed by atoms with Gasteiger partial charge in [0, 0.05) is 0 Å². The van der Waals surface area contributed by atoms with Crippen LogP contribution in [0.25, 0.3) is 0 Å². The highest BCUT2D eigenvalue weighted by atomic mass is 19.4. The number of alkyl halides is 6. The number of rotatable bonds is 5. The molecule has 0 bridgehead atoms. The van der Waals surface area contributed by atoms with Crippen LogP contribution in [0.1, 0.15) is 42.6 Å². The highest BCUT2D eigenvalue weighted by molar-refractivity contribution is 5.85. The fourth-order valence-corrected chi connectivity index (χ4v) is 2.88. The highest BCUT2D eigenvalue weighted by Gasteiger charge is 2.46. The molecule has 1 aliphatic carbocycles. The molecular formula is C16H18F6N2O2. The van der Waals surface area contributed by atoms with E-state index in [4.69, 9.17) is 16.2 Å². The predicted octanol–water partition coefficient (Wildman–Crippen LogP) is 3.39. The Kier molecular flexibility index (Phi) is 5.31. The number of amides is 1. The van der Waals surface area contributed by atoms with Crippen LogP contribution in [0.3, 0.4) is 0 Å². The maximum Gasteiger partial charge on any atom is 0.416 e. The van der Waals surface area contributed by atoms with Crippen molar-refractivity contribution >= 4 is 5.91 Å². The number of ether oxygens (including phenoxy) is 1. The smallest absolute Gasteiger partial charge is 0.374 e. The van der Waals surface area contributed by atoms with Gasteiger partial charge in [0.2, 0.25) is 5.91 Å². The lowest BCUT2D eigenvalue weighted by Crippen LogP contribution is -2.61. The molecule has 0 aromatic heterocycles. The first kappa shape index (κ1) is 20.5. The van der Waals surface area contributed by atoms with Crippen molar-refractivity contribution < 1.29 is 35.9 Å². The third-order valence-corrected chi connectivity index (χ3v) is 4.46. The fourth-order valence-electron chi connectivity index (χ4n) is 2.88. The van der Waals surface area contributed by atoms with E-state index in [1.807, 2.05) is 0 Å². The summed E-state index contributed by atoms with van der Waals surface area (Å²) in [6.45, 7) is 1.41. The van der Waals surface area contributed by atoms with Crippen LogP contribution in [0, 0.1) is 5.92 Å². The van der Waals surface area contributed by atoms with Gasteiger partial charge in [0.05, 0.1) is 29.4 Å². The second-order valence-corrected chi connectivity index (χ2v) is 6.61. The number of nitrogens with two attached hydrogens (primary N) is 2. The van der Waals surface area contributed by atoms with Gasteiger partial charge >= 0.3 is 12.4 Å². The molecule has 0 heterocycles. The summed E-state index contributed by atoms with van der Waals surface area (Å²) in [5.74, 6) is -0.794. The van der Waals surface area contributed by atoms with E-state index in [1.54, 1.807) is 0 Å². The number of benzene rings is 1. The zero-order valence-electron chi connectivity index (χ0n) is 13.7. The zero-order valence-corrected chi connectivity index (χ0v) is 13.7. The van der Waals surface area contributed by atoms with Crippen LogP contribution >= 0.6 is 0 Å². The monoisotopic (exact) mass is 384 g/mol.